The zero-order chi connectivity index (χ0) is 14.8. The average Bonchev–Trinajstić information content (AvgIpc) is 2.37. The van der Waals surface area contributed by atoms with Gasteiger partial charge in [0.05, 0.1) is 16.8 Å². The second-order valence-corrected chi connectivity index (χ2v) is 7.00. The molecule has 20 heavy (non-hydrogen) atoms. The van der Waals surface area contributed by atoms with E-state index in [0.29, 0.717) is 36.5 Å². The summed E-state index contributed by atoms with van der Waals surface area (Å²) in [6.45, 7) is 1.01. The van der Waals surface area contributed by atoms with E-state index in [2.05, 4.69) is 9.71 Å². The van der Waals surface area contributed by atoms with Crippen molar-refractivity contribution in [1.82, 2.24) is 14.6 Å². The molecule has 6 nitrogen and oxygen atoms in total. The second kappa shape index (κ2) is 6.07. The number of hydrogen-bond donors (Lipinski definition) is 1. The predicted molar refractivity (Wildman–Crippen MR) is 76.2 cm³/mol. The van der Waals surface area contributed by atoms with Crippen molar-refractivity contribution < 1.29 is 13.2 Å². The van der Waals surface area contributed by atoms with Gasteiger partial charge in [-0.1, -0.05) is 11.6 Å². The van der Waals surface area contributed by atoms with Gasteiger partial charge in [0.2, 0.25) is 10.0 Å². The maximum atomic E-state index is 12.3. The Labute approximate surface area is 123 Å². The van der Waals surface area contributed by atoms with E-state index in [0.717, 1.165) is 6.26 Å². The molecule has 0 bridgehead atoms. The van der Waals surface area contributed by atoms with Gasteiger partial charge in [0.25, 0.3) is 5.91 Å². The summed E-state index contributed by atoms with van der Waals surface area (Å²) in [7, 11) is -3.20. The van der Waals surface area contributed by atoms with Crippen LogP contribution in [-0.2, 0) is 10.0 Å². The number of carbonyl (C=O) groups is 1. The van der Waals surface area contributed by atoms with E-state index < -0.39 is 10.0 Å². The number of halogens is 1. The van der Waals surface area contributed by atoms with Gasteiger partial charge in [0.1, 0.15) is 0 Å². The van der Waals surface area contributed by atoms with Crippen LogP contribution in [0.25, 0.3) is 0 Å². The van der Waals surface area contributed by atoms with Crippen molar-refractivity contribution in [1.29, 1.82) is 0 Å². The summed E-state index contributed by atoms with van der Waals surface area (Å²) in [4.78, 5) is 17.8. The van der Waals surface area contributed by atoms with Gasteiger partial charge in [-0.15, -0.1) is 0 Å². The van der Waals surface area contributed by atoms with E-state index in [1.807, 2.05) is 0 Å². The van der Waals surface area contributed by atoms with Crippen LogP contribution in [0.1, 0.15) is 23.2 Å². The highest BCUT2D eigenvalue weighted by molar-refractivity contribution is 7.88. The molecule has 1 aromatic heterocycles. The fourth-order valence-corrected chi connectivity index (χ4v) is 3.26. The molecule has 0 aromatic carbocycles. The molecular formula is C12H16ClN3O3S. The molecule has 0 aliphatic carbocycles. The number of likely N-dealkylation sites (tertiary alicyclic amines) is 1. The van der Waals surface area contributed by atoms with Gasteiger partial charge in [0, 0.05) is 31.5 Å². The standard InChI is InChI=1S/C12H16ClN3O3S/c1-20(18,19)15-9-3-6-16(7-4-9)12(17)10-2-5-14-8-11(10)13/h2,5,8-9,15H,3-4,6-7H2,1H3. The van der Waals surface area contributed by atoms with Gasteiger partial charge in [-0.2, -0.15) is 0 Å². The Balaban J connectivity index is 1.97. The topological polar surface area (TPSA) is 79.4 Å². The van der Waals surface area contributed by atoms with Crippen LogP contribution in [0.2, 0.25) is 5.02 Å². The predicted octanol–water partition coefficient (Wildman–Crippen LogP) is 0.889. The molecule has 2 rings (SSSR count). The lowest BCUT2D eigenvalue weighted by molar-refractivity contribution is 0.0711. The van der Waals surface area contributed by atoms with Crippen LogP contribution < -0.4 is 4.72 Å². The normalized spacial score (nSPS) is 17.2. The molecule has 1 saturated heterocycles. The monoisotopic (exact) mass is 317 g/mol. The smallest absolute Gasteiger partial charge is 0.255 e. The summed E-state index contributed by atoms with van der Waals surface area (Å²) in [6, 6.07) is 1.48. The zero-order valence-electron chi connectivity index (χ0n) is 11.0. The summed E-state index contributed by atoms with van der Waals surface area (Å²) in [5.41, 5.74) is 0.427. The molecule has 1 aromatic rings. The van der Waals surface area contributed by atoms with Crippen molar-refractivity contribution in [2.24, 2.45) is 0 Å². The van der Waals surface area contributed by atoms with Crippen molar-refractivity contribution in [3.05, 3.63) is 29.0 Å². The minimum absolute atomic E-state index is 0.109. The Morgan fingerprint density at radius 3 is 2.65 bits per heavy atom. The van der Waals surface area contributed by atoms with Crippen LogP contribution in [-0.4, -0.2) is 49.6 Å². The zero-order valence-corrected chi connectivity index (χ0v) is 12.6. The molecule has 2 heterocycles. The molecule has 1 fully saturated rings. The maximum Gasteiger partial charge on any atom is 0.255 e. The van der Waals surface area contributed by atoms with Gasteiger partial charge >= 0.3 is 0 Å². The minimum atomic E-state index is -3.20. The van der Waals surface area contributed by atoms with Crippen LogP contribution in [0.15, 0.2) is 18.5 Å². The molecule has 0 atom stereocenters. The number of rotatable bonds is 3. The largest absolute Gasteiger partial charge is 0.338 e. The first-order valence-corrected chi connectivity index (χ1v) is 8.50. The quantitative estimate of drug-likeness (QED) is 0.898. The molecule has 0 unspecified atom stereocenters. The molecule has 1 N–H and O–H groups in total. The molecule has 1 amide bonds. The lowest BCUT2D eigenvalue weighted by Crippen LogP contribution is -2.46. The van der Waals surface area contributed by atoms with Crippen molar-refractivity contribution in [3.8, 4) is 0 Å². The van der Waals surface area contributed by atoms with Gasteiger partial charge in [-0.3, -0.25) is 9.78 Å². The second-order valence-electron chi connectivity index (χ2n) is 4.81. The third kappa shape index (κ3) is 3.91. The van der Waals surface area contributed by atoms with Gasteiger partial charge in [0.15, 0.2) is 0 Å². The van der Waals surface area contributed by atoms with Gasteiger partial charge in [-0.05, 0) is 18.9 Å². The van der Waals surface area contributed by atoms with E-state index in [1.165, 1.54) is 12.4 Å². The lowest BCUT2D eigenvalue weighted by atomic mass is 10.1. The van der Waals surface area contributed by atoms with E-state index in [1.54, 1.807) is 11.0 Å². The fourth-order valence-electron chi connectivity index (χ4n) is 2.22. The van der Waals surface area contributed by atoms with Crippen LogP contribution >= 0.6 is 11.6 Å². The number of piperidine rings is 1. The third-order valence-corrected chi connectivity index (χ3v) is 4.23. The van der Waals surface area contributed by atoms with Crippen molar-refractivity contribution >= 4 is 27.5 Å². The Bertz CT molecular complexity index is 598. The number of nitrogens with zero attached hydrogens (tertiary/aromatic N) is 2. The number of amides is 1. The Kier molecular flexibility index (Phi) is 4.62. The number of sulfonamides is 1. The molecule has 110 valence electrons. The molecule has 1 aliphatic rings. The molecule has 0 radical (unpaired) electrons. The van der Waals surface area contributed by atoms with Crippen molar-refractivity contribution in [3.63, 3.8) is 0 Å². The maximum absolute atomic E-state index is 12.3. The van der Waals surface area contributed by atoms with Crippen LogP contribution in [0.5, 0.6) is 0 Å². The number of nitrogens with one attached hydrogen (secondary N) is 1. The summed E-state index contributed by atoms with van der Waals surface area (Å²) in [5, 5.41) is 0.328. The Morgan fingerprint density at radius 1 is 1.45 bits per heavy atom. The van der Waals surface area contributed by atoms with Crippen LogP contribution in [0, 0.1) is 0 Å². The number of pyridine rings is 1. The first kappa shape index (κ1) is 15.2. The van der Waals surface area contributed by atoms with E-state index in [9.17, 15) is 13.2 Å². The minimum Gasteiger partial charge on any atom is -0.338 e. The summed E-state index contributed by atoms with van der Waals surface area (Å²) >= 11 is 5.95. The average molecular weight is 318 g/mol. The highest BCUT2D eigenvalue weighted by atomic mass is 35.5. The van der Waals surface area contributed by atoms with Crippen molar-refractivity contribution in [2.75, 3.05) is 19.3 Å². The Hall–Kier alpha value is -1.18. The SMILES string of the molecule is CS(=O)(=O)NC1CCN(C(=O)c2ccncc2Cl)CC1. The Morgan fingerprint density at radius 2 is 2.10 bits per heavy atom. The van der Waals surface area contributed by atoms with Crippen LogP contribution in [0.3, 0.4) is 0 Å². The molecule has 1 aliphatic heterocycles. The number of carbonyl (C=O) groups excluding carboxylic acids is 1. The van der Waals surface area contributed by atoms with Crippen LogP contribution in [0.4, 0.5) is 0 Å². The van der Waals surface area contributed by atoms with Crippen molar-refractivity contribution in [2.45, 2.75) is 18.9 Å². The molecule has 0 saturated carbocycles. The van der Waals surface area contributed by atoms with E-state index in [-0.39, 0.29) is 11.9 Å². The molecule has 8 heteroatoms. The fraction of sp³-hybridized carbons (Fsp3) is 0.500. The lowest BCUT2D eigenvalue weighted by Gasteiger charge is -2.32. The highest BCUT2D eigenvalue weighted by Crippen LogP contribution is 2.19. The first-order chi connectivity index (χ1) is 9.37. The highest BCUT2D eigenvalue weighted by Gasteiger charge is 2.26. The third-order valence-electron chi connectivity index (χ3n) is 3.17. The summed E-state index contributed by atoms with van der Waals surface area (Å²) in [6.07, 6.45) is 5.30. The first-order valence-electron chi connectivity index (χ1n) is 6.23. The summed E-state index contributed by atoms with van der Waals surface area (Å²) in [5.74, 6) is -0.143. The number of hydrogen-bond acceptors (Lipinski definition) is 4. The van der Waals surface area contributed by atoms with Gasteiger partial charge in [-0.25, -0.2) is 13.1 Å². The number of aromatic nitrogens is 1. The van der Waals surface area contributed by atoms with Gasteiger partial charge < -0.3 is 4.90 Å². The van der Waals surface area contributed by atoms with E-state index in [4.69, 9.17) is 11.6 Å². The molecule has 0 spiro atoms. The molecular weight excluding hydrogens is 302 g/mol. The summed E-state index contributed by atoms with van der Waals surface area (Å²) < 4.78 is 24.9. The van der Waals surface area contributed by atoms with E-state index >= 15 is 0 Å².